The Morgan fingerprint density at radius 2 is 1.00 bits per heavy atom. The van der Waals surface area contributed by atoms with Crippen molar-refractivity contribution in [2.45, 2.75) is 0 Å². The third-order valence-corrected chi connectivity index (χ3v) is 3.88. The van der Waals surface area contributed by atoms with Crippen molar-refractivity contribution in [1.29, 1.82) is 0 Å². The first-order valence-corrected chi connectivity index (χ1v) is 7.28. The summed E-state index contributed by atoms with van der Waals surface area (Å²) in [5, 5.41) is -0.310. The first-order valence-electron chi connectivity index (χ1n) is 5.44. The van der Waals surface area contributed by atoms with Gasteiger partial charge in [-0.1, -0.05) is 24.3 Å². The predicted octanol–water partition coefficient (Wildman–Crippen LogP) is 1.17. The topological polar surface area (TPSA) is 60.7 Å². The SMILES string of the molecule is O[Si](O)(O)c1ccc(-c2c(F)c(F)c(F)c(F)c2F)cc1. The highest BCUT2D eigenvalue weighted by Crippen LogP contribution is 2.31. The summed E-state index contributed by atoms with van der Waals surface area (Å²) in [5.74, 6) is -10.4. The molecule has 0 aromatic heterocycles. The van der Waals surface area contributed by atoms with E-state index in [1.54, 1.807) is 0 Å². The summed E-state index contributed by atoms with van der Waals surface area (Å²) in [6.45, 7) is 0. The highest BCUT2D eigenvalue weighted by Gasteiger charge is 2.31. The highest BCUT2D eigenvalue weighted by molar-refractivity contribution is 6.71. The molecular weight excluding hydrogens is 315 g/mol. The maximum absolute atomic E-state index is 13.6. The minimum Gasteiger partial charge on any atom is -0.386 e. The van der Waals surface area contributed by atoms with E-state index in [0.29, 0.717) is 0 Å². The molecule has 9 heteroatoms. The first-order chi connectivity index (χ1) is 9.64. The van der Waals surface area contributed by atoms with E-state index < -0.39 is 43.5 Å². The van der Waals surface area contributed by atoms with Crippen molar-refractivity contribution in [2.75, 3.05) is 0 Å². The average Bonchev–Trinajstić information content (AvgIpc) is 2.43. The zero-order valence-electron chi connectivity index (χ0n) is 10.0. The molecule has 0 aliphatic heterocycles. The third-order valence-electron chi connectivity index (χ3n) is 2.77. The van der Waals surface area contributed by atoms with Crippen molar-refractivity contribution in [1.82, 2.24) is 0 Å². The van der Waals surface area contributed by atoms with Crippen LogP contribution >= 0.6 is 0 Å². The third kappa shape index (κ3) is 2.68. The quantitative estimate of drug-likeness (QED) is 0.337. The Morgan fingerprint density at radius 1 is 0.619 bits per heavy atom. The Hall–Kier alpha value is -1.81. The second kappa shape index (κ2) is 5.19. The van der Waals surface area contributed by atoms with Gasteiger partial charge in [0.15, 0.2) is 23.3 Å². The Morgan fingerprint density at radius 3 is 1.38 bits per heavy atom. The number of hydrogen-bond donors (Lipinski definition) is 3. The minimum atomic E-state index is -4.61. The van der Waals surface area contributed by atoms with Gasteiger partial charge in [-0.3, -0.25) is 0 Å². The maximum Gasteiger partial charge on any atom is 0.528 e. The van der Waals surface area contributed by atoms with E-state index in [-0.39, 0.29) is 10.8 Å². The monoisotopic (exact) mass is 322 g/mol. The van der Waals surface area contributed by atoms with Crippen molar-refractivity contribution in [2.24, 2.45) is 0 Å². The van der Waals surface area contributed by atoms with Crippen LogP contribution in [0.1, 0.15) is 0 Å². The van der Waals surface area contributed by atoms with Crippen LogP contribution in [0.15, 0.2) is 24.3 Å². The Kier molecular flexibility index (Phi) is 3.85. The second-order valence-electron chi connectivity index (χ2n) is 4.16. The fourth-order valence-corrected chi connectivity index (χ4v) is 2.33. The zero-order valence-corrected chi connectivity index (χ0v) is 11.0. The van der Waals surface area contributed by atoms with Crippen molar-refractivity contribution in [3.8, 4) is 11.1 Å². The van der Waals surface area contributed by atoms with Gasteiger partial charge in [0.1, 0.15) is 0 Å². The number of benzene rings is 2. The molecule has 2 aromatic carbocycles. The number of hydrogen-bond acceptors (Lipinski definition) is 3. The lowest BCUT2D eigenvalue weighted by Gasteiger charge is -2.12. The molecule has 0 fully saturated rings. The Balaban J connectivity index is 2.63. The molecule has 0 aliphatic rings. The molecule has 0 saturated carbocycles. The minimum absolute atomic E-state index is 0.310. The molecule has 0 radical (unpaired) electrons. The van der Waals surface area contributed by atoms with Gasteiger partial charge in [-0.25, -0.2) is 22.0 Å². The van der Waals surface area contributed by atoms with Crippen LogP contribution in [-0.4, -0.2) is 23.2 Å². The van der Waals surface area contributed by atoms with Crippen LogP contribution < -0.4 is 5.19 Å². The summed E-state index contributed by atoms with van der Waals surface area (Å²) in [6, 6.07) is 3.63. The van der Waals surface area contributed by atoms with Crippen LogP contribution in [0.2, 0.25) is 0 Å². The van der Waals surface area contributed by atoms with E-state index >= 15 is 0 Å². The van der Waals surface area contributed by atoms with Crippen molar-refractivity contribution < 1.29 is 36.3 Å². The molecule has 0 saturated heterocycles. The first kappa shape index (κ1) is 15.6. The van der Waals surface area contributed by atoms with E-state index in [0.717, 1.165) is 24.3 Å². The van der Waals surface area contributed by atoms with Crippen LogP contribution in [0, 0.1) is 29.1 Å². The van der Waals surface area contributed by atoms with Gasteiger partial charge >= 0.3 is 8.80 Å². The number of halogens is 5. The van der Waals surface area contributed by atoms with Gasteiger partial charge in [0.25, 0.3) is 0 Å². The van der Waals surface area contributed by atoms with Crippen molar-refractivity contribution in [3.05, 3.63) is 53.4 Å². The lowest BCUT2D eigenvalue weighted by atomic mass is 10.0. The summed E-state index contributed by atoms with van der Waals surface area (Å²) in [4.78, 5) is 27.0. The summed E-state index contributed by atoms with van der Waals surface area (Å²) >= 11 is 0. The van der Waals surface area contributed by atoms with Crippen molar-refractivity contribution in [3.63, 3.8) is 0 Å². The molecule has 0 unspecified atom stereocenters. The Bertz CT molecular complexity index is 669. The van der Waals surface area contributed by atoms with Gasteiger partial charge < -0.3 is 14.4 Å². The van der Waals surface area contributed by atoms with Crippen molar-refractivity contribution >= 4 is 14.0 Å². The fourth-order valence-electron chi connectivity index (χ4n) is 1.72. The largest absolute Gasteiger partial charge is 0.528 e. The van der Waals surface area contributed by atoms with Gasteiger partial charge in [0, 0.05) is 5.19 Å². The molecule has 0 amide bonds. The number of rotatable bonds is 2. The lowest BCUT2D eigenvalue weighted by Crippen LogP contribution is -2.48. The van der Waals surface area contributed by atoms with Crippen LogP contribution in [0.5, 0.6) is 0 Å². The molecule has 3 nitrogen and oxygen atoms in total. The summed E-state index contributed by atoms with van der Waals surface area (Å²) in [5.41, 5.74) is -1.51. The molecule has 21 heavy (non-hydrogen) atoms. The summed E-state index contributed by atoms with van der Waals surface area (Å²) in [6.07, 6.45) is 0. The Labute approximate surface area is 115 Å². The van der Waals surface area contributed by atoms with Crippen LogP contribution in [0.25, 0.3) is 11.1 Å². The summed E-state index contributed by atoms with van der Waals surface area (Å²) < 4.78 is 66.2. The normalized spacial score (nSPS) is 11.8. The average molecular weight is 322 g/mol. The molecular formula is C12H7F5O3Si. The zero-order chi connectivity index (χ0) is 15.9. The standard InChI is InChI=1S/C12H7F5O3Si/c13-8-7(9(14)11(16)12(17)10(8)15)5-1-3-6(4-2-5)21(18,19)20/h1-4,18-20H. The maximum atomic E-state index is 13.6. The van der Waals surface area contributed by atoms with Gasteiger partial charge in [0.05, 0.1) is 5.56 Å². The van der Waals surface area contributed by atoms with E-state index in [4.69, 9.17) is 14.4 Å². The van der Waals surface area contributed by atoms with Crippen LogP contribution in [0.3, 0.4) is 0 Å². The van der Waals surface area contributed by atoms with E-state index in [9.17, 15) is 22.0 Å². The molecule has 0 aliphatic carbocycles. The molecule has 0 atom stereocenters. The molecule has 2 aromatic rings. The molecule has 3 N–H and O–H groups in total. The summed E-state index contributed by atoms with van der Waals surface area (Å²) in [7, 11) is -4.61. The fraction of sp³-hybridized carbons (Fsp3) is 0. The molecule has 112 valence electrons. The predicted molar refractivity (Wildman–Crippen MR) is 63.7 cm³/mol. The molecule has 0 heterocycles. The lowest BCUT2D eigenvalue weighted by molar-refractivity contribution is 0.250. The van der Waals surface area contributed by atoms with Crippen LogP contribution in [-0.2, 0) is 0 Å². The molecule has 0 bridgehead atoms. The van der Waals surface area contributed by atoms with Crippen LogP contribution in [0.4, 0.5) is 22.0 Å². The second-order valence-corrected chi connectivity index (χ2v) is 6.01. The smallest absolute Gasteiger partial charge is 0.386 e. The molecule has 2 rings (SSSR count). The van der Waals surface area contributed by atoms with E-state index in [1.165, 1.54) is 0 Å². The van der Waals surface area contributed by atoms with E-state index in [2.05, 4.69) is 0 Å². The molecule has 0 spiro atoms. The van der Waals surface area contributed by atoms with E-state index in [1.807, 2.05) is 0 Å². The van der Waals surface area contributed by atoms with Gasteiger partial charge in [-0.05, 0) is 5.56 Å². The van der Waals surface area contributed by atoms with Gasteiger partial charge in [-0.2, -0.15) is 0 Å². The van der Waals surface area contributed by atoms with Gasteiger partial charge in [0.2, 0.25) is 5.82 Å². The highest BCUT2D eigenvalue weighted by atomic mass is 28.4. The van der Waals surface area contributed by atoms with Gasteiger partial charge in [-0.15, -0.1) is 0 Å².